The highest BCUT2D eigenvalue weighted by atomic mass is 16.5. The highest BCUT2D eigenvalue weighted by molar-refractivity contribution is 5.92. The second-order valence-electron chi connectivity index (χ2n) is 5.54. The van der Waals surface area contributed by atoms with E-state index in [1.807, 2.05) is 61.5 Å². The van der Waals surface area contributed by atoms with Gasteiger partial charge in [0.1, 0.15) is 11.5 Å². The molecule has 0 saturated carbocycles. The van der Waals surface area contributed by atoms with Crippen molar-refractivity contribution in [2.75, 3.05) is 19.0 Å². The molecule has 0 bridgehead atoms. The van der Waals surface area contributed by atoms with Gasteiger partial charge >= 0.3 is 0 Å². The molecule has 0 radical (unpaired) electrons. The number of rotatable bonds is 5. The van der Waals surface area contributed by atoms with Crippen molar-refractivity contribution >= 4 is 11.7 Å². The van der Waals surface area contributed by atoms with Crippen LogP contribution in [-0.4, -0.2) is 30.1 Å². The van der Waals surface area contributed by atoms with Gasteiger partial charge in [-0.3, -0.25) is 4.79 Å². The number of hydrogen-bond donors (Lipinski definition) is 1. The zero-order valence-corrected chi connectivity index (χ0v) is 13.6. The summed E-state index contributed by atoms with van der Waals surface area (Å²) in [5, 5.41) is 6.77. The number of benzene rings is 1. The van der Waals surface area contributed by atoms with Gasteiger partial charge in [0.05, 0.1) is 0 Å². The van der Waals surface area contributed by atoms with E-state index in [0.29, 0.717) is 12.2 Å². The van der Waals surface area contributed by atoms with E-state index in [2.05, 4.69) is 15.5 Å². The lowest BCUT2D eigenvalue weighted by Gasteiger charge is -2.12. The Bertz CT molecular complexity index is 828. The first kappa shape index (κ1) is 15.7. The second-order valence-corrected chi connectivity index (χ2v) is 5.54. The van der Waals surface area contributed by atoms with E-state index in [1.54, 1.807) is 12.3 Å². The van der Waals surface area contributed by atoms with Gasteiger partial charge in [0.15, 0.2) is 0 Å². The summed E-state index contributed by atoms with van der Waals surface area (Å²) in [6.45, 7) is 0.392. The molecule has 24 heavy (non-hydrogen) atoms. The van der Waals surface area contributed by atoms with Crippen molar-refractivity contribution in [3.8, 4) is 11.3 Å². The Hall–Kier alpha value is -3.15. The zero-order valence-electron chi connectivity index (χ0n) is 13.6. The van der Waals surface area contributed by atoms with Gasteiger partial charge in [-0.15, -0.1) is 0 Å². The maximum atomic E-state index is 12.2. The average Bonchev–Trinajstić information content (AvgIpc) is 3.11. The Balaban J connectivity index is 1.66. The number of pyridine rings is 1. The fourth-order valence-electron chi connectivity index (χ4n) is 2.21. The lowest BCUT2D eigenvalue weighted by molar-refractivity contribution is 0.0914. The summed E-state index contributed by atoms with van der Waals surface area (Å²) in [5.41, 5.74) is 2.51. The molecule has 1 N–H and O–H groups in total. The van der Waals surface area contributed by atoms with Crippen molar-refractivity contribution in [2.24, 2.45) is 0 Å². The first-order valence-electron chi connectivity index (χ1n) is 7.56. The van der Waals surface area contributed by atoms with Crippen LogP contribution in [0.1, 0.15) is 16.1 Å². The molecule has 0 unspecified atom stereocenters. The van der Waals surface area contributed by atoms with Gasteiger partial charge in [0.25, 0.3) is 5.91 Å². The molecule has 1 aromatic carbocycles. The van der Waals surface area contributed by atoms with Crippen LogP contribution in [0.3, 0.4) is 0 Å². The number of anilines is 1. The first-order chi connectivity index (χ1) is 11.6. The van der Waals surface area contributed by atoms with Crippen LogP contribution < -0.4 is 10.2 Å². The predicted molar refractivity (Wildman–Crippen MR) is 91.7 cm³/mol. The summed E-state index contributed by atoms with van der Waals surface area (Å²) in [5.74, 6) is 0.733. The van der Waals surface area contributed by atoms with Gasteiger partial charge < -0.3 is 14.7 Å². The zero-order chi connectivity index (χ0) is 16.9. The lowest BCUT2D eigenvalue weighted by atomic mass is 10.1. The largest absolute Gasteiger partial charge is 0.363 e. The Morgan fingerprint density at radius 3 is 2.71 bits per heavy atom. The highest BCUT2D eigenvalue weighted by Crippen LogP contribution is 2.18. The van der Waals surface area contributed by atoms with E-state index < -0.39 is 0 Å². The molecule has 2 heterocycles. The minimum atomic E-state index is -0.298. The number of aromatic nitrogens is 2. The Morgan fingerprint density at radius 1 is 1.17 bits per heavy atom. The van der Waals surface area contributed by atoms with Crippen molar-refractivity contribution < 1.29 is 9.32 Å². The third-order valence-electron chi connectivity index (χ3n) is 3.52. The normalized spacial score (nSPS) is 10.4. The molecule has 6 nitrogen and oxygen atoms in total. The summed E-state index contributed by atoms with van der Waals surface area (Å²) in [6.07, 6.45) is 1.72. The standard InChI is InChI=1S/C18H18N4O2/c1-22(2)17-10-13(8-9-19-17)12-20-18(23)16-11-15(21-24-16)14-6-4-3-5-7-14/h3-11H,12H2,1-2H3,(H,20,23). The molecule has 0 fully saturated rings. The van der Waals surface area contributed by atoms with Crippen LogP contribution in [-0.2, 0) is 6.54 Å². The van der Waals surface area contributed by atoms with Gasteiger partial charge in [-0.05, 0) is 17.7 Å². The van der Waals surface area contributed by atoms with Crippen molar-refractivity contribution in [1.29, 1.82) is 0 Å². The number of nitrogens with one attached hydrogen (secondary N) is 1. The second kappa shape index (κ2) is 6.95. The molecular formula is C18H18N4O2. The predicted octanol–water partition coefficient (Wildman–Crippen LogP) is 2.73. The molecule has 2 aromatic heterocycles. The van der Waals surface area contributed by atoms with Crippen LogP contribution in [0.5, 0.6) is 0 Å². The minimum Gasteiger partial charge on any atom is -0.363 e. The van der Waals surface area contributed by atoms with E-state index in [1.165, 1.54) is 0 Å². The molecule has 0 atom stereocenters. The van der Waals surface area contributed by atoms with Gasteiger partial charge in [-0.1, -0.05) is 35.5 Å². The van der Waals surface area contributed by atoms with E-state index in [4.69, 9.17) is 4.52 Å². The van der Waals surface area contributed by atoms with Crippen molar-refractivity contribution in [3.63, 3.8) is 0 Å². The van der Waals surface area contributed by atoms with Crippen LogP contribution in [0.15, 0.2) is 59.3 Å². The summed E-state index contributed by atoms with van der Waals surface area (Å²) in [7, 11) is 3.84. The number of nitrogens with zero attached hydrogens (tertiary/aromatic N) is 3. The summed E-state index contributed by atoms with van der Waals surface area (Å²) >= 11 is 0. The molecule has 0 spiro atoms. The summed E-state index contributed by atoms with van der Waals surface area (Å²) < 4.78 is 5.15. The molecule has 0 aliphatic heterocycles. The average molecular weight is 322 g/mol. The third kappa shape index (κ3) is 3.60. The highest BCUT2D eigenvalue weighted by Gasteiger charge is 2.13. The van der Waals surface area contributed by atoms with E-state index in [0.717, 1.165) is 16.9 Å². The van der Waals surface area contributed by atoms with Crippen LogP contribution in [0.4, 0.5) is 5.82 Å². The van der Waals surface area contributed by atoms with Crippen molar-refractivity contribution in [2.45, 2.75) is 6.54 Å². The molecule has 3 rings (SSSR count). The number of carbonyl (C=O) groups is 1. The first-order valence-corrected chi connectivity index (χ1v) is 7.56. The smallest absolute Gasteiger partial charge is 0.290 e. The fraction of sp³-hybridized carbons (Fsp3) is 0.167. The third-order valence-corrected chi connectivity index (χ3v) is 3.52. The van der Waals surface area contributed by atoms with Crippen molar-refractivity contribution in [3.05, 3.63) is 66.1 Å². The maximum absolute atomic E-state index is 12.2. The Labute approximate surface area is 140 Å². The van der Waals surface area contributed by atoms with Gasteiger partial charge in [-0.25, -0.2) is 4.98 Å². The molecule has 0 saturated heterocycles. The molecule has 0 aliphatic carbocycles. The fourth-order valence-corrected chi connectivity index (χ4v) is 2.21. The van der Waals surface area contributed by atoms with E-state index in [9.17, 15) is 4.79 Å². The molecule has 3 aromatic rings. The molecular weight excluding hydrogens is 304 g/mol. The van der Waals surface area contributed by atoms with Gasteiger partial charge in [0, 0.05) is 38.5 Å². The molecule has 1 amide bonds. The molecule has 6 heteroatoms. The Morgan fingerprint density at radius 2 is 1.96 bits per heavy atom. The number of hydrogen-bond acceptors (Lipinski definition) is 5. The van der Waals surface area contributed by atoms with E-state index in [-0.39, 0.29) is 11.7 Å². The van der Waals surface area contributed by atoms with Crippen LogP contribution in [0, 0.1) is 0 Å². The van der Waals surface area contributed by atoms with Crippen LogP contribution in [0.2, 0.25) is 0 Å². The van der Waals surface area contributed by atoms with Crippen LogP contribution >= 0.6 is 0 Å². The quantitative estimate of drug-likeness (QED) is 0.782. The lowest BCUT2D eigenvalue weighted by Crippen LogP contribution is -2.22. The monoisotopic (exact) mass is 322 g/mol. The Kier molecular flexibility index (Phi) is 4.56. The molecule has 122 valence electrons. The SMILES string of the molecule is CN(C)c1cc(CNC(=O)c2cc(-c3ccccc3)no2)ccn1. The maximum Gasteiger partial charge on any atom is 0.290 e. The van der Waals surface area contributed by atoms with Gasteiger partial charge in [0.2, 0.25) is 5.76 Å². The van der Waals surface area contributed by atoms with Gasteiger partial charge in [-0.2, -0.15) is 0 Å². The summed E-state index contributed by atoms with van der Waals surface area (Å²) in [6, 6.07) is 15.0. The topological polar surface area (TPSA) is 71.3 Å². The molecule has 0 aliphatic rings. The van der Waals surface area contributed by atoms with Crippen LogP contribution in [0.25, 0.3) is 11.3 Å². The minimum absolute atomic E-state index is 0.191. The summed E-state index contributed by atoms with van der Waals surface area (Å²) in [4.78, 5) is 18.4. The van der Waals surface area contributed by atoms with Crippen molar-refractivity contribution in [1.82, 2.24) is 15.5 Å². The number of amides is 1. The number of carbonyl (C=O) groups excluding carboxylic acids is 1. The van der Waals surface area contributed by atoms with E-state index >= 15 is 0 Å².